The molecular formula is C22H24N4. The Labute approximate surface area is 155 Å². The van der Waals surface area contributed by atoms with E-state index in [1.54, 1.807) is 0 Å². The van der Waals surface area contributed by atoms with E-state index in [2.05, 4.69) is 36.8 Å². The van der Waals surface area contributed by atoms with Gasteiger partial charge >= 0.3 is 0 Å². The van der Waals surface area contributed by atoms with Gasteiger partial charge in [-0.05, 0) is 56.0 Å². The average Bonchev–Trinajstić information content (AvgIpc) is 2.61. The fourth-order valence-electron chi connectivity index (χ4n) is 3.85. The van der Waals surface area contributed by atoms with Crippen LogP contribution in [0.4, 0.5) is 5.69 Å². The van der Waals surface area contributed by atoms with Gasteiger partial charge in [-0.3, -0.25) is 4.98 Å². The maximum atomic E-state index is 9.21. The van der Waals surface area contributed by atoms with Crippen molar-refractivity contribution in [3.63, 3.8) is 0 Å². The van der Waals surface area contributed by atoms with Crippen LogP contribution in [0.1, 0.15) is 53.3 Å². The second-order valence-corrected chi connectivity index (χ2v) is 6.84. The van der Waals surface area contributed by atoms with Crippen molar-refractivity contribution in [2.75, 3.05) is 5.32 Å². The number of nitrogens with zero attached hydrogens (tertiary/aromatic N) is 2. The minimum absolute atomic E-state index is 0.0427. The molecule has 0 fully saturated rings. The van der Waals surface area contributed by atoms with E-state index < -0.39 is 0 Å². The van der Waals surface area contributed by atoms with Gasteiger partial charge in [0.15, 0.2) is 0 Å². The molecule has 3 N–H and O–H groups in total. The molecule has 1 aliphatic heterocycles. The molecule has 0 saturated carbocycles. The third kappa shape index (κ3) is 2.76. The maximum absolute atomic E-state index is 9.21. The van der Waals surface area contributed by atoms with Gasteiger partial charge in [0.25, 0.3) is 0 Å². The van der Waals surface area contributed by atoms with Gasteiger partial charge in [0.2, 0.25) is 0 Å². The number of pyridine rings is 1. The van der Waals surface area contributed by atoms with Crippen LogP contribution >= 0.6 is 0 Å². The molecule has 1 unspecified atom stereocenters. The van der Waals surface area contributed by atoms with Gasteiger partial charge in [0.1, 0.15) is 0 Å². The maximum Gasteiger partial charge on any atom is 0.0991 e. The van der Waals surface area contributed by atoms with Crippen molar-refractivity contribution in [2.24, 2.45) is 5.73 Å². The third-order valence-electron chi connectivity index (χ3n) is 5.07. The Morgan fingerprint density at radius 3 is 2.62 bits per heavy atom. The average molecular weight is 344 g/mol. The summed E-state index contributed by atoms with van der Waals surface area (Å²) in [6, 6.07) is 8.04. The van der Waals surface area contributed by atoms with Crippen LogP contribution in [0.5, 0.6) is 0 Å². The summed E-state index contributed by atoms with van der Waals surface area (Å²) < 4.78 is 0. The first-order valence-corrected chi connectivity index (χ1v) is 8.80. The van der Waals surface area contributed by atoms with Crippen molar-refractivity contribution in [1.82, 2.24) is 4.98 Å². The highest BCUT2D eigenvalue weighted by atomic mass is 14.9. The number of hydrogen-bond acceptors (Lipinski definition) is 4. The van der Waals surface area contributed by atoms with E-state index in [-0.39, 0.29) is 5.92 Å². The lowest BCUT2D eigenvalue weighted by Gasteiger charge is -2.34. The molecule has 3 rings (SSSR count). The van der Waals surface area contributed by atoms with E-state index in [0.29, 0.717) is 11.3 Å². The van der Waals surface area contributed by atoms with E-state index in [1.165, 1.54) is 0 Å². The van der Waals surface area contributed by atoms with Crippen LogP contribution in [0.25, 0.3) is 0 Å². The monoisotopic (exact) mass is 344 g/mol. The van der Waals surface area contributed by atoms with Crippen LogP contribution in [0.3, 0.4) is 0 Å². The van der Waals surface area contributed by atoms with E-state index >= 15 is 0 Å². The smallest absolute Gasteiger partial charge is 0.0991 e. The number of fused-ring (bicyclic) bond motifs is 1. The second-order valence-electron chi connectivity index (χ2n) is 6.84. The molecule has 1 aromatic heterocycles. The Bertz CT molecular complexity index is 976. The Balaban J connectivity index is 2.36. The number of nitriles is 1. The lowest BCUT2D eigenvalue weighted by molar-refractivity contribution is 0.850. The molecule has 132 valence electrons. The molecule has 1 aromatic carbocycles. The van der Waals surface area contributed by atoms with Crippen molar-refractivity contribution in [1.29, 1.82) is 5.26 Å². The number of nitrogens with two attached hydrogens (primary N) is 1. The molecule has 0 amide bonds. The summed E-state index contributed by atoms with van der Waals surface area (Å²) in [5.41, 5.74) is 16.1. The molecule has 2 aromatic rings. The number of aromatic nitrogens is 1. The molecule has 0 spiro atoms. The Morgan fingerprint density at radius 2 is 2.04 bits per heavy atom. The van der Waals surface area contributed by atoms with E-state index in [9.17, 15) is 5.26 Å². The summed E-state index contributed by atoms with van der Waals surface area (Å²) in [5.74, 6) is -0.0427. The highest BCUT2D eigenvalue weighted by Crippen LogP contribution is 2.46. The molecule has 1 aliphatic rings. The summed E-state index contributed by atoms with van der Waals surface area (Å²) in [6.45, 7) is 12.3. The molecule has 26 heavy (non-hydrogen) atoms. The van der Waals surface area contributed by atoms with Crippen LogP contribution in [0.2, 0.25) is 0 Å². The fourth-order valence-corrected chi connectivity index (χ4v) is 3.85. The SMILES string of the molecule is C=C(N)C1=C(C)Nc2c(C)cnc(CC)c2C1c1ccc(C#N)cc1C. The molecular weight excluding hydrogens is 320 g/mol. The summed E-state index contributed by atoms with van der Waals surface area (Å²) in [7, 11) is 0. The second kappa shape index (κ2) is 6.68. The lowest BCUT2D eigenvalue weighted by atomic mass is 9.76. The number of benzene rings is 1. The van der Waals surface area contributed by atoms with Gasteiger partial charge in [-0.1, -0.05) is 19.6 Å². The van der Waals surface area contributed by atoms with Crippen molar-refractivity contribution in [3.05, 3.63) is 81.5 Å². The molecule has 2 heterocycles. The number of nitrogens with one attached hydrogen (secondary N) is 1. The molecule has 1 atom stereocenters. The molecule has 4 nitrogen and oxygen atoms in total. The quantitative estimate of drug-likeness (QED) is 0.863. The Hall–Kier alpha value is -3.06. The first kappa shape index (κ1) is 17.8. The third-order valence-corrected chi connectivity index (χ3v) is 5.07. The van der Waals surface area contributed by atoms with Crippen LogP contribution in [-0.2, 0) is 6.42 Å². The number of hydrogen-bond donors (Lipinski definition) is 2. The van der Waals surface area contributed by atoms with Gasteiger partial charge in [-0.25, -0.2) is 0 Å². The number of anilines is 1. The van der Waals surface area contributed by atoms with E-state index in [1.807, 2.05) is 38.2 Å². The topological polar surface area (TPSA) is 74.7 Å². The standard InChI is InChI=1S/C22H24N4/c1-6-18-21-20(17-8-7-16(10-23)9-12(17)2)19(14(4)24)15(5)26-22(21)13(3)11-25-18/h7-9,11,20,26H,4,6,24H2,1-3,5H3. The molecule has 4 heteroatoms. The van der Waals surface area contributed by atoms with E-state index in [0.717, 1.165) is 51.3 Å². The molecule has 0 saturated heterocycles. The van der Waals surface area contributed by atoms with Gasteiger partial charge in [0, 0.05) is 46.0 Å². The molecule has 0 bridgehead atoms. The summed E-state index contributed by atoms with van der Waals surface area (Å²) in [4.78, 5) is 4.68. The fraction of sp³-hybridized carbons (Fsp3) is 0.273. The predicted molar refractivity (Wildman–Crippen MR) is 106 cm³/mol. The van der Waals surface area contributed by atoms with Gasteiger partial charge in [-0.15, -0.1) is 0 Å². The van der Waals surface area contributed by atoms with Crippen molar-refractivity contribution >= 4 is 5.69 Å². The van der Waals surface area contributed by atoms with Crippen LogP contribution < -0.4 is 11.1 Å². The highest BCUT2D eigenvalue weighted by Gasteiger charge is 2.33. The largest absolute Gasteiger partial charge is 0.399 e. The van der Waals surface area contributed by atoms with Crippen molar-refractivity contribution in [3.8, 4) is 6.07 Å². The zero-order valence-electron chi connectivity index (χ0n) is 15.8. The molecule has 0 radical (unpaired) electrons. The van der Waals surface area contributed by atoms with Gasteiger partial charge in [0.05, 0.1) is 11.6 Å². The zero-order chi connectivity index (χ0) is 19.0. The minimum Gasteiger partial charge on any atom is -0.399 e. The summed E-state index contributed by atoms with van der Waals surface area (Å²) >= 11 is 0. The molecule has 0 aliphatic carbocycles. The number of rotatable bonds is 3. The first-order valence-electron chi connectivity index (χ1n) is 8.80. The van der Waals surface area contributed by atoms with Crippen molar-refractivity contribution in [2.45, 2.75) is 40.0 Å². The normalized spacial score (nSPS) is 15.9. The van der Waals surface area contributed by atoms with Crippen LogP contribution in [-0.4, -0.2) is 4.98 Å². The first-order chi connectivity index (χ1) is 12.4. The van der Waals surface area contributed by atoms with Crippen LogP contribution in [0, 0.1) is 25.2 Å². The zero-order valence-corrected chi connectivity index (χ0v) is 15.8. The highest BCUT2D eigenvalue weighted by molar-refractivity contribution is 5.72. The van der Waals surface area contributed by atoms with Gasteiger partial charge < -0.3 is 11.1 Å². The minimum atomic E-state index is -0.0427. The summed E-state index contributed by atoms with van der Waals surface area (Å²) in [6.07, 6.45) is 2.75. The Morgan fingerprint density at radius 1 is 1.31 bits per heavy atom. The Kier molecular flexibility index (Phi) is 4.56. The van der Waals surface area contributed by atoms with Crippen molar-refractivity contribution < 1.29 is 0 Å². The van der Waals surface area contributed by atoms with Gasteiger partial charge in [-0.2, -0.15) is 5.26 Å². The number of aryl methyl sites for hydroxylation is 3. The summed E-state index contributed by atoms with van der Waals surface area (Å²) in [5, 5.41) is 12.7. The van der Waals surface area contributed by atoms with E-state index in [4.69, 9.17) is 5.73 Å². The predicted octanol–water partition coefficient (Wildman–Crippen LogP) is 4.44. The van der Waals surface area contributed by atoms with Crippen LogP contribution in [0.15, 0.2) is 47.9 Å². The lowest BCUT2D eigenvalue weighted by Crippen LogP contribution is -2.24. The number of allylic oxidation sites excluding steroid dienone is 2.